The van der Waals surface area contributed by atoms with Crippen molar-refractivity contribution in [2.45, 2.75) is 26.7 Å². The van der Waals surface area contributed by atoms with Crippen LogP contribution in [0.1, 0.15) is 37.0 Å². The second kappa shape index (κ2) is 13.8. The molecule has 0 atom stereocenters. The van der Waals surface area contributed by atoms with Gasteiger partial charge in [0.05, 0.1) is 23.4 Å². The zero-order valence-electron chi connectivity index (χ0n) is 23.1. The van der Waals surface area contributed by atoms with Crippen LogP contribution in [0.25, 0.3) is 11.3 Å². The lowest BCUT2D eigenvalue weighted by Crippen LogP contribution is -2.44. The van der Waals surface area contributed by atoms with Crippen molar-refractivity contribution >= 4 is 40.8 Å². The lowest BCUT2D eigenvalue weighted by atomic mass is 10.1. The third-order valence-electron chi connectivity index (χ3n) is 6.96. The van der Waals surface area contributed by atoms with Crippen molar-refractivity contribution in [2.24, 2.45) is 5.92 Å². The summed E-state index contributed by atoms with van der Waals surface area (Å²) in [6.45, 7) is 7.19. The number of hydrogen-bond acceptors (Lipinski definition) is 6. The van der Waals surface area contributed by atoms with E-state index >= 15 is 0 Å². The van der Waals surface area contributed by atoms with Gasteiger partial charge in [-0.3, -0.25) is 9.59 Å². The fourth-order valence-electron chi connectivity index (χ4n) is 4.57. The molecule has 0 unspecified atom stereocenters. The number of rotatable bonds is 9. The molecule has 1 saturated heterocycles. The number of hydrogen-bond donors (Lipinski definition) is 0. The van der Waals surface area contributed by atoms with Crippen LogP contribution in [0.15, 0.2) is 54.6 Å². The summed E-state index contributed by atoms with van der Waals surface area (Å²) in [6.07, 6.45) is 1.57. The first kappa shape index (κ1) is 29.6. The van der Waals surface area contributed by atoms with E-state index in [2.05, 4.69) is 28.9 Å². The van der Waals surface area contributed by atoms with Crippen molar-refractivity contribution in [3.63, 3.8) is 0 Å². The average molecular weight is 585 g/mol. The summed E-state index contributed by atoms with van der Waals surface area (Å²) in [7, 11) is 1.64. The highest BCUT2D eigenvalue weighted by atomic mass is 35.5. The lowest BCUT2D eigenvalue weighted by Gasteiger charge is -2.28. The van der Waals surface area contributed by atoms with Crippen LogP contribution < -0.4 is 9.64 Å². The molecule has 0 bridgehead atoms. The molecule has 8 nitrogen and oxygen atoms in total. The van der Waals surface area contributed by atoms with Gasteiger partial charge >= 0.3 is 0 Å². The maximum atomic E-state index is 13.4. The summed E-state index contributed by atoms with van der Waals surface area (Å²) in [5, 5.41) is 9.62. The van der Waals surface area contributed by atoms with E-state index in [1.165, 1.54) is 0 Å². The molecule has 0 aliphatic carbocycles. The normalized spacial score (nSPS) is 13.8. The number of carbonyl (C=O) groups excluding carboxylic acids is 2. The molecule has 1 fully saturated rings. The second-order valence-electron chi connectivity index (χ2n) is 10.3. The number of amides is 2. The Labute approximate surface area is 245 Å². The van der Waals surface area contributed by atoms with Gasteiger partial charge in [0.15, 0.2) is 5.82 Å². The van der Waals surface area contributed by atoms with Gasteiger partial charge in [-0.15, -0.1) is 10.2 Å². The highest BCUT2D eigenvalue weighted by molar-refractivity contribution is 6.36. The Kier molecular flexibility index (Phi) is 10.2. The van der Waals surface area contributed by atoms with Gasteiger partial charge in [0.2, 0.25) is 5.91 Å². The van der Waals surface area contributed by atoms with E-state index < -0.39 is 0 Å². The fourth-order valence-corrected chi connectivity index (χ4v) is 5.06. The van der Waals surface area contributed by atoms with Crippen LogP contribution >= 0.6 is 23.2 Å². The largest absolute Gasteiger partial charge is 0.497 e. The molecule has 4 rings (SSSR count). The van der Waals surface area contributed by atoms with Gasteiger partial charge < -0.3 is 19.4 Å². The van der Waals surface area contributed by atoms with Crippen molar-refractivity contribution in [3.05, 3.63) is 70.2 Å². The average Bonchev–Trinajstić information content (AvgIpc) is 3.21. The summed E-state index contributed by atoms with van der Waals surface area (Å²) < 4.78 is 5.22. The Morgan fingerprint density at radius 2 is 1.75 bits per heavy atom. The van der Waals surface area contributed by atoms with Crippen molar-refractivity contribution in [1.29, 1.82) is 0 Å². The number of ether oxygens (including phenoxy) is 1. The molecular weight excluding hydrogens is 549 g/mol. The van der Waals surface area contributed by atoms with E-state index in [1.54, 1.807) is 30.2 Å². The minimum Gasteiger partial charge on any atom is -0.497 e. The Morgan fingerprint density at radius 1 is 0.975 bits per heavy atom. The molecule has 2 aromatic carbocycles. The van der Waals surface area contributed by atoms with E-state index in [0.717, 1.165) is 42.2 Å². The standard InChI is InChI=1S/C30H35Cl2N5O3/c1-21(2)13-16-37(30(39)25-10-7-23(31)19-26(25)32)20-29(38)36-15-4-14-35(17-18-36)28-12-11-27(33-34-28)22-5-8-24(40-3)9-6-22/h5-12,19,21H,4,13-18,20H2,1-3H3. The first-order chi connectivity index (χ1) is 19.2. The van der Waals surface area contributed by atoms with E-state index in [4.69, 9.17) is 27.9 Å². The van der Waals surface area contributed by atoms with Crippen molar-refractivity contribution in [1.82, 2.24) is 20.0 Å². The molecular formula is C30H35Cl2N5O3. The number of anilines is 1. The first-order valence-corrected chi connectivity index (χ1v) is 14.3. The number of nitrogens with zero attached hydrogens (tertiary/aromatic N) is 5. The van der Waals surface area contributed by atoms with Crippen LogP contribution in [-0.2, 0) is 4.79 Å². The Hall–Kier alpha value is -3.36. The van der Waals surface area contributed by atoms with E-state index in [1.807, 2.05) is 41.3 Å². The molecule has 1 aromatic heterocycles. The van der Waals surface area contributed by atoms with Gasteiger partial charge in [-0.1, -0.05) is 37.0 Å². The van der Waals surface area contributed by atoms with Gasteiger partial charge in [-0.25, -0.2) is 0 Å². The zero-order chi connectivity index (χ0) is 28.6. The minimum absolute atomic E-state index is 0.000865. The smallest absolute Gasteiger partial charge is 0.255 e. The molecule has 0 spiro atoms. The predicted octanol–water partition coefficient (Wildman–Crippen LogP) is 5.69. The molecule has 0 radical (unpaired) electrons. The molecule has 3 aromatic rings. The van der Waals surface area contributed by atoms with Gasteiger partial charge in [0.1, 0.15) is 12.3 Å². The molecule has 212 valence electrons. The summed E-state index contributed by atoms with van der Waals surface area (Å²) in [5.74, 6) is 1.61. The van der Waals surface area contributed by atoms with Crippen LogP contribution in [0.3, 0.4) is 0 Å². The minimum atomic E-state index is -0.265. The third kappa shape index (κ3) is 7.64. The molecule has 40 heavy (non-hydrogen) atoms. The van der Waals surface area contributed by atoms with Crippen molar-refractivity contribution < 1.29 is 14.3 Å². The summed E-state index contributed by atoms with van der Waals surface area (Å²) >= 11 is 12.3. The molecule has 0 saturated carbocycles. The maximum absolute atomic E-state index is 13.4. The number of methoxy groups -OCH3 is 1. The van der Waals surface area contributed by atoms with Crippen LogP contribution in [0.5, 0.6) is 5.75 Å². The second-order valence-corrected chi connectivity index (χ2v) is 11.1. The summed E-state index contributed by atoms with van der Waals surface area (Å²) in [5.41, 5.74) is 2.09. The van der Waals surface area contributed by atoms with E-state index in [0.29, 0.717) is 42.7 Å². The third-order valence-corrected chi connectivity index (χ3v) is 7.51. The monoisotopic (exact) mass is 583 g/mol. The Morgan fingerprint density at radius 3 is 2.40 bits per heavy atom. The quantitative estimate of drug-likeness (QED) is 0.322. The number of carbonyl (C=O) groups is 2. The lowest BCUT2D eigenvalue weighted by molar-refractivity contribution is -0.131. The highest BCUT2D eigenvalue weighted by Crippen LogP contribution is 2.24. The zero-order valence-corrected chi connectivity index (χ0v) is 24.7. The number of halogens is 2. The fraction of sp³-hybridized carbons (Fsp3) is 0.400. The van der Waals surface area contributed by atoms with Crippen molar-refractivity contribution in [3.8, 4) is 17.0 Å². The van der Waals surface area contributed by atoms with Crippen LogP contribution in [0.4, 0.5) is 5.82 Å². The Balaban J connectivity index is 1.39. The maximum Gasteiger partial charge on any atom is 0.255 e. The molecule has 0 N–H and O–H groups in total. The summed E-state index contributed by atoms with van der Waals surface area (Å²) in [6, 6.07) is 16.4. The SMILES string of the molecule is COc1ccc(-c2ccc(N3CCCN(C(=O)CN(CCC(C)C)C(=O)c4ccc(Cl)cc4Cl)CC3)nn2)cc1. The molecule has 1 aliphatic heterocycles. The van der Waals surface area contributed by atoms with Gasteiger partial charge in [-0.05, 0) is 73.4 Å². The van der Waals surface area contributed by atoms with Gasteiger partial charge in [0, 0.05) is 43.3 Å². The van der Waals surface area contributed by atoms with Crippen LogP contribution in [-0.4, -0.2) is 78.2 Å². The molecule has 1 aliphatic rings. The van der Waals surface area contributed by atoms with E-state index in [-0.39, 0.29) is 23.4 Å². The summed E-state index contributed by atoms with van der Waals surface area (Å²) in [4.78, 5) is 32.3. The van der Waals surface area contributed by atoms with Gasteiger partial charge in [0.25, 0.3) is 5.91 Å². The molecule has 2 heterocycles. The topological polar surface area (TPSA) is 78.9 Å². The molecule has 2 amide bonds. The van der Waals surface area contributed by atoms with E-state index in [9.17, 15) is 9.59 Å². The highest BCUT2D eigenvalue weighted by Gasteiger charge is 2.26. The molecule has 10 heteroatoms. The van der Waals surface area contributed by atoms with Crippen LogP contribution in [0, 0.1) is 5.92 Å². The van der Waals surface area contributed by atoms with Gasteiger partial charge in [-0.2, -0.15) is 0 Å². The number of benzene rings is 2. The Bertz CT molecular complexity index is 1300. The van der Waals surface area contributed by atoms with Crippen LogP contribution in [0.2, 0.25) is 10.0 Å². The predicted molar refractivity (Wildman–Crippen MR) is 159 cm³/mol. The number of aromatic nitrogens is 2. The van der Waals surface area contributed by atoms with Crippen molar-refractivity contribution in [2.75, 3.05) is 51.3 Å². The first-order valence-electron chi connectivity index (χ1n) is 13.5.